The normalized spacial score (nSPS) is 11.7. The molecule has 3 rings (SSSR count). The van der Waals surface area contributed by atoms with Crippen LogP contribution in [-0.4, -0.2) is 35.9 Å². The zero-order valence-corrected chi connectivity index (χ0v) is 20.5. The largest absolute Gasteiger partial charge is 0.484 e. The highest BCUT2D eigenvalue weighted by Gasteiger charge is 2.31. The number of rotatable bonds is 11. The molecule has 0 aliphatic heterocycles. The summed E-state index contributed by atoms with van der Waals surface area (Å²) in [4.78, 5) is 28.2. The van der Waals surface area contributed by atoms with Crippen molar-refractivity contribution in [1.29, 1.82) is 0 Å². The van der Waals surface area contributed by atoms with Crippen molar-refractivity contribution in [3.63, 3.8) is 0 Å². The first-order valence-electron chi connectivity index (χ1n) is 11.9. The summed E-state index contributed by atoms with van der Waals surface area (Å²) in [6.45, 7) is 6.14. The monoisotopic (exact) mass is 476 g/mol. The van der Waals surface area contributed by atoms with Crippen LogP contribution in [0.15, 0.2) is 78.9 Å². The molecule has 0 radical (unpaired) electrons. The number of nitrogens with one attached hydrogen (secondary N) is 1. The molecule has 0 aliphatic carbocycles. The van der Waals surface area contributed by atoms with E-state index in [1.165, 1.54) is 11.0 Å². The number of hydrogen-bond donors (Lipinski definition) is 1. The first-order chi connectivity index (χ1) is 16.8. The topological polar surface area (TPSA) is 58.6 Å². The third-order valence-corrected chi connectivity index (χ3v) is 5.64. The quantitative estimate of drug-likeness (QED) is 0.427. The first-order valence-corrected chi connectivity index (χ1v) is 11.9. The molecule has 0 bridgehead atoms. The van der Waals surface area contributed by atoms with Gasteiger partial charge < -0.3 is 15.0 Å². The summed E-state index contributed by atoms with van der Waals surface area (Å²) in [5.74, 6) is -0.293. The number of nitrogens with zero attached hydrogens (tertiary/aromatic N) is 1. The highest BCUT2D eigenvalue weighted by Crippen LogP contribution is 2.18. The molecule has 0 fully saturated rings. The van der Waals surface area contributed by atoms with Gasteiger partial charge in [-0.15, -0.1) is 0 Å². The Hall–Kier alpha value is -3.67. The maximum atomic E-state index is 14.6. The van der Waals surface area contributed by atoms with E-state index in [2.05, 4.69) is 5.32 Å². The Balaban J connectivity index is 1.90. The maximum absolute atomic E-state index is 14.6. The summed E-state index contributed by atoms with van der Waals surface area (Å²) in [7, 11) is 0. The van der Waals surface area contributed by atoms with Crippen LogP contribution in [0.3, 0.4) is 0 Å². The molecule has 0 aromatic heterocycles. The minimum absolute atomic E-state index is 0.0463. The number of ether oxygens (including phenoxy) is 1. The fraction of sp³-hybridized carbons (Fsp3) is 0.310. The van der Waals surface area contributed by atoms with Crippen molar-refractivity contribution in [3.8, 4) is 5.75 Å². The SMILES string of the molecule is Cc1ccc(OCC(=O)N(Cc2ccccc2F)[C@@H](Cc2ccccc2)C(=O)NCC(C)C)cc1. The van der Waals surface area contributed by atoms with Crippen LogP contribution in [-0.2, 0) is 22.6 Å². The smallest absolute Gasteiger partial charge is 0.261 e. The van der Waals surface area contributed by atoms with Gasteiger partial charge in [0.15, 0.2) is 6.61 Å². The molecule has 1 atom stereocenters. The van der Waals surface area contributed by atoms with Gasteiger partial charge in [-0.25, -0.2) is 4.39 Å². The van der Waals surface area contributed by atoms with E-state index in [4.69, 9.17) is 4.74 Å². The molecular formula is C29H33FN2O3. The predicted octanol–water partition coefficient (Wildman–Crippen LogP) is 4.93. The molecule has 6 heteroatoms. The van der Waals surface area contributed by atoms with E-state index in [0.29, 0.717) is 24.3 Å². The second kappa shape index (κ2) is 12.7. The molecule has 0 aliphatic rings. The van der Waals surface area contributed by atoms with Gasteiger partial charge in [0.05, 0.1) is 0 Å². The summed E-state index contributed by atoms with van der Waals surface area (Å²) in [6.07, 6.45) is 0.301. The summed E-state index contributed by atoms with van der Waals surface area (Å²) >= 11 is 0. The second-order valence-corrected chi connectivity index (χ2v) is 9.06. The fourth-order valence-electron chi connectivity index (χ4n) is 3.65. The van der Waals surface area contributed by atoms with Crippen LogP contribution < -0.4 is 10.1 Å². The number of amides is 2. The van der Waals surface area contributed by atoms with E-state index in [-0.39, 0.29) is 25.0 Å². The zero-order valence-electron chi connectivity index (χ0n) is 20.5. The van der Waals surface area contributed by atoms with Crippen molar-refractivity contribution in [2.45, 2.75) is 39.8 Å². The van der Waals surface area contributed by atoms with E-state index in [0.717, 1.165) is 11.1 Å². The lowest BCUT2D eigenvalue weighted by molar-refractivity contribution is -0.142. The number of halogens is 1. The van der Waals surface area contributed by atoms with Crippen LogP contribution in [0.25, 0.3) is 0 Å². The van der Waals surface area contributed by atoms with Crippen LogP contribution in [0.4, 0.5) is 4.39 Å². The van der Waals surface area contributed by atoms with Crippen molar-refractivity contribution < 1.29 is 18.7 Å². The highest BCUT2D eigenvalue weighted by atomic mass is 19.1. The van der Waals surface area contributed by atoms with Gasteiger partial charge in [0.1, 0.15) is 17.6 Å². The van der Waals surface area contributed by atoms with Crippen LogP contribution in [0.1, 0.15) is 30.5 Å². The van der Waals surface area contributed by atoms with Crippen molar-refractivity contribution in [2.75, 3.05) is 13.2 Å². The van der Waals surface area contributed by atoms with E-state index in [1.807, 2.05) is 63.2 Å². The molecule has 3 aromatic rings. The molecule has 1 N–H and O–H groups in total. The predicted molar refractivity (Wildman–Crippen MR) is 135 cm³/mol. The molecule has 3 aromatic carbocycles. The number of hydrogen-bond acceptors (Lipinski definition) is 3. The maximum Gasteiger partial charge on any atom is 0.261 e. The van der Waals surface area contributed by atoms with Gasteiger partial charge in [0, 0.05) is 25.1 Å². The Morgan fingerprint density at radius 2 is 1.60 bits per heavy atom. The average Bonchev–Trinajstić information content (AvgIpc) is 2.85. The lowest BCUT2D eigenvalue weighted by Gasteiger charge is -2.31. The van der Waals surface area contributed by atoms with Gasteiger partial charge in [0.2, 0.25) is 5.91 Å². The number of benzene rings is 3. The third kappa shape index (κ3) is 7.95. The molecule has 0 saturated heterocycles. The van der Waals surface area contributed by atoms with Crippen molar-refractivity contribution in [2.24, 2.45) is 5.92 Å². The van der Waals surface area contributed by atoms with Gasteiger partial charge in [-0.2, -0.15) is 0 Å². The van der Waals surface area contributed by atoms with E-state index in [1.54, 1.807) is 30.3 Å². The standard InChI is InChI=1S/C29H33FN2O3/c1-21(2)18-31-29(34)27(17-23-9-5-4-6-10-23)32(19-24-11-7-8-12-26(24)30)28(33)20-35-25-15-13-22(3)14-16-25/h4-16,21,27H,17-20H2,1-3H3,(H,31,34)/t27-/m0/s1. The van der Waals surface area contributed by atoms with Crippen LogP contribution >= 0.6 is 0 Å². The molecule has 0 saturated carbocycles. The number of carbonyl (C=O) groups excluding carboxylic acids is 2. The van der Waals surface area contributed by atoms with Gasteiger partial charge in [0.25, 0.3) is 5.91 Å². The molecular weight excluding hydrogens is 443 g/mol. The lowest BCUT2D eigenvalue weighted by atomic mass is 10.0. The Labute approximate surface area is 206 Å². The van der Waals surface area contributed by atoms with Crippen LogP contribution in [0, 0.1) is 18.7 Å². The minimum atomic E-state index is -0.829. The molecule has 184 valence electrons. The average molecular weight is 477 g/mol. The van der Waals surface area contributed by atoms with Gasteiger partial charge in [-0.05, 0) is 36.6 Å². The summed E-state index contributed by atoms with van der Waals surface area (Å²) in [5.41, 5.74) is 2.32. The Kier molecular flexibility index (Phi) is 9.41. The van der Waals surface area contributed by atoms with Crippen LogP contribution in [0.5, 0.6) is 5.75 Å². The van der Waals surface area contributed by atoms with Gasteiger partial charge in [-0.1, -0.05) is 80.1 Å². The summed E-state index contributed by atoms with van der Waals surface area (Å²) in [5, 5.41) is 2.95. The number of carbonyl (C=O) groups is 2. The molecule has 0 heterocycles. The van der Waals surface area contributed by atoms with Gasteiger partial charge >= 0.3 is 0 Å². The molecule has 35 heavy (non-hydrogen) atoms. The molecule has 5 nitrogen and oxygen atoms in total. The Morgan fingerprint density at radius 3 is 2.26 bits per heavy atom. The van der Waals surface area contributed by atoms with E-state index >= 15 is 0 Å². The Bertz CT molecular complexity index is 1100. The Morgan fingerprint density at radius 1 is 0.943 bits per heavy atom. The molecule has 2 amide bonds. The first kappa shape index (κ1) is 25.9. The van der Waals surface area contributed by atoms with E-state index < -0.39 is 17.8 Å². The van der Waals surface area contributed by atoms with Crippen molar-refractivity contribution >= 4 is 11.8 Å². The number of aryl methyl sites for hydroxylation is 1. The van der Waals surface area contributed by atoms with Crippen molar-refractivity contribution in [3.05, 3.63) is 101 Å². The summed E-state index contributed by atoms with van der Waals surface area (Å²) < 4.78 is 20.3. The van der Waals surface area contributed by atoms with Crippen LogP contribution in [0.2, 0.25) is 0 Å². The zero-order chi connectivity index (χ0) is 25.2. The third-order valence-electron chi connectivity index (χ3n) is 5.64. The fourth-order valence-corrected chi connectivity index (χ4v) is 3.65. The lowest BCUT2D eigenvalue weighted by Crippen LogP contribution is -2.52. The van der Waals surface area contributed by atoms with E-state index in [9.17, 15) is 14.0 Å². The highest BCUT2D eigenvalue weighted by molar-refractivity contribution is 5.88. The van der Waals surface area contributed by atoms with Crippen molar-refractivity contribution in [1.82, 2.24) is 10.2 Å². The molecule has 0 spiro atoms. The van der Waals surface area contributed by atoms with Gasteiger partial charge in [-0.3, -0.25) is 9.59 Å². The second-order valence-electron chi connectivity index (χ2n) is 9.06. The molecule has 0 unspecified atom stereocenters. The minimum Gasteiger partial charge on any atom is -0.484 e. The summed E-state index contributed by atoms with van der Waals surface area (Å²) in [6, 6.07) is 22.4.